The van der Waals surface area contributed by atoms with E-state index in [0.29, 0.717) is 38.8 Å². The van der Waals surface area contributed by atoms with E-state index in [1.165, 1.54) is 0 Å². The minimum absolute atomic E-state index is 0.0499. The van der Waals surface area contributed by atoms with Gasteiger partial charge in [-0.25, -0.2) is 0 Å². The van der Waals surface area contributed by atoms with Crippen LogP contribution in [0.4, 0.5) is 0 Å². The molecule has 0 saturated carbocycles. The second-order valence-corrected chi connectivity index (χ2v) is 15.0. The lowest BCUT2D eigenvalue weighted by atomic mass is 9.93. The number of H-pyrrole nitrogens is 1. The van der Waals surface area contributed by atoms with Gasteiger partial charge in [-0.2, -0.15) is 0 Å². The Balaban J connectivity index is 1.24. The van der Waals surface area contributed by atoms with Gasteiger partial charge in [-0.3, -0.25) is 19.2 Å². The first-order valence-corrected chi connectivity index (χ1v) is 18.9. The summed E-state index contributed by atoms with van der Waals surface area (Å²) in [5, 5.41) is 6.67. The molecule has 7 rings (SSSR count). The van der Waals surface area contributed by atoms with Gasteiger partial charge in [-0.05, 0) is 59.2 Å². The van der Waals surface area contributed by atoms with Crippen molar-refractivity contribution in [2.75, 3.05) is 26.2 Å². The number of carbonyl (C=O) groups is 4. The number of amides is 3. The summed E-state index contributed by atoms with van der Waals surface area (Å²) in [5.41, 5.74) is 3.89. The Kier molecular flexibility index (Phi) is 10.7. The molecule has 0 radical (unpaired) electrons. The Bertz CT molecular complexity index is 2100. The number of benzene rings is 4. The number of ketones is 1. The molecule has 2 N–H and O–H groups in total. The SMILES string of the molecule is CC(=O)[C@H](CC(C)C)N1CCN(C(=O)[C@H](Cc2c[nH]c3ccccc23)N2CCN[C@@H](Cc3cccc4ccccc34)C2=O)[C@@H](Cc2ccccc2)C1=O. The molecular weight excluding hydrogens is 663 g/mol. The van der Waals surface area contributed by atoms with Gasteiger partial charge in [0.05, 0.1) is 12.1 Å². The molecule has 2 fully saturated rings. The molecule has 0 unspecified atom stereocenters. The van der Waals surface area contributed by atoms with E-state index in [0.717, 1.165) is 38.4 Å². The fourth-order valence-electron chi connectivity index (χ4n) is 8.32. The predicted octanol–water partition coefficient (Wildman–Crippen LogP) is 5.56. The topological polar surface area (TPSA) is 106 Å². The van der Waals surface area contributed by atoms with E-state index >= 15 is 4.79 Å². The molecule has 1 aromatic heterocycles. The van der Waals surface area contributed by atoms with Crippen LogP contribution in [0.5, 0.6) is 0 Å². The van der Waals surface area contributed by atoms with Crippen molar-refractivity contribution in [2.45, 2.75) is 70.6 Å². The molecule has 5 aromatic rings. The van der Waals surface area contributed by atoms with Gasteiger partial charge in [0.25, 0.3) is 0 Å². The van der Waals surface area contributed by atoms with Crippen LogP contribution in [-0.4, -0.2) is 93.5 Å². The number of nitrogens with zero attached hydrogens (tertiary/aromatic N) is 3. The lowest BCUT2D eigenvalue weighted by Crippen LogP contribution is -2.67. The summed E-state index contributed by atoms with van der Waals surface area (Å²) in [6.07, 6.45) is 3.59. The number of rotatable bonds is 12. The lowest BCUT2D eigenvalue weighted by molar-refractivity contribution is -0.160. The normalized spacial score (nSPS) is 19.3. The first kappa shape index (κ1) is 36.1. The highest BCUT2D eigenvalue weighted by Gasteiger charge is 2.45. The molecule has 9 nitrogen and oxygen atoms in total. The van der Waals surface area contributed by atoms with Gasteiger partial charge < -0.3 is 25.0 Å². The molecule has 9 heteroatoms. The number of para-hydroxylation sites is 1. The summed E-state index contributed by atoms with van der Waals surface area (Å²) < 4.78 is 0. The molecule has 3 heterocycles. The zero-order valence-electron chi connectivity index (χ0n) is 30.8. The van der Waals surface area contributed by atoms with Crippen molar-refractivity contribution in [3.05, 3.63) is 120 Å². The van der Waals surface area contributed by atoms with Gasteiger partial charge in [-0.15, -0.1) is 0 Å². The van der Waals surface area contributed by atoms with Crippen LogP contribution in [0, 0.1) is 5.92 Å². The highest BCUT2D eigenvalue weighted by molar-refractivity contribution is 5.97. The van der Waals surface area contributed by atoms with Gasteiger partial charge in [0, 0.05) is 56.1 Å². The van der Waals surface area contributed by atoms with E-state index in [1.54, 1.807) is 21.6 Å². The van der Waals surface area contributed by atoms with Crippen molar-refractivity contribution >= 4 is 45.2 Å². The molecule has 274 valence electrons. The number of aromatic nitrogens is 1. The van der Waals surface area contributed by atoms with Crippen LogP contribution < -0.4 is 5.32 Å². The van der Waals surface area contributed by atoms with Crippen molar-refractivity contribution < 1.29 is 19.2 Å². The van der Waals surface area contributed by atoms with Crippen LogP contribution in [-0.2, 0) is 38.4 Å². The third kappa shape index (κ3) is 7.62. The van der Waals surface area contributed by atoms with Crippen LogP contribution in [0.3, 0.4) is 0 Å². The van der Waals surface area contributed by atoms with E-state index in [2.05, 4.69) is 48.4 Å². The monoisotopic (exact) mass is 711 g/mol. The minimum atomic E-state index is -0.837. The highest BCUT2D eigenvalue weighted by atomic mass is 16.2. The highest BCUT2D eigenvalue weighted by Crippen LogP contribution is 2.28. The smallest absolute Gasteiger partial charge is 0.246 e. The molecule has 4 atom stereocenters. The van der Waals surface area contributed by atoms with E-state index in [-0.39, 0.29) is 42.5 Å². The molecular formula is C44H49N5O4. The number of aromatic amines is 1. The van der Waals surface area contributed by atoms with Crippen LogP contribution >= 0.6 is 0 Å². The summed E-state index contributed by atoms with van der Waals surface area (Å²) in [5.74, 6) is -0.427. The summed E-state index contributed by atoms with van der Waals surface area (Å²) >= 11 is 0. The van der Waals surface area contributed by atoms with Gasteiger partial charge in [0.15, 0.2) is 5.78 Å². The number of nitrogens with one attached hydrogen (secondary N) is 2. The molecule has 0 spiro atoms. The Morgan fingerprint density at radius 1 is 0.736 bits per heavy atom. The fourth-order valence-corrected chi connectivity index (χ4v) is 8.32. The standard InChI is InChI=1S/C44H49N5O4/c1-29(2)24-39(30(3)50)48-22-23-49(40(43(48)52)25-31-12-5-4-6-13-31)44(53)41(27-34-28-46-37-19-10-9-18-36(34)37)47-21-20-45-38(42(47)51)26-33-16-11-15-32-14-7-8-17-35(32)33/h4-19,28-29,38-41,45-46H,20-27H2,1-3H3/t38-,39-,40-,41-/m0/s1. The number of hydrogen-bond donors (Lipinski definition) is 2. The van der Waals surface area contributed by atoms with Crippen molar-refractivity contribution in [2.24, 2.45) is 5.92 Å². The number of fused-ring (bicyclic) bond motifs is 2. The number of carbonyl (C=O) groups excluding carboxylic acids is 4. The molecule has 53 heavy (non-hydrogen) atoms. The molecule has 0 bridgehead atoms. The molecule has 0 aliphatic carbocycles. The number of piperazine rings is 2. The van der Waals surface area contributed by atoms with Crippen LogP contribution in [0.2, 0.25) is 0 Å². The minimum Gasteiger partial charge on any atom is -0.361 e. The van der Waals surface area contributed by atoms with E-state index in [1.807, 2.05) is 79.0 Å². The summed E-state index contributed by atoms with van der Waals surface area (Å²) in [4.78, 5) is 65.9. The van der Waals surface area contributed by atoms with Crippen LogP contribution in [0.1, 0.15) is 43.9 Å². The second kappa shape index (κ2) is 15.8. The van der Waals surface area contributed by atoms with Gasteiger partial charge in [0.2, 0.25) is 17.7 Å². The first-order valence-electron chi connectivity index (χ1n) is 18.9. The average molecular weight is 712 g/mol. The lowest BCUT2D eigenvalue weighted by Gasteiger charge is -2.46. The van der Waals surface area contributed by atoms with E-state index < -0.39 is 24.2 Å². The third-order valence-electron chi connectivity index (χ3n) is 11.0. The van der Waals surface area contributed by atoms with Crippen LogP contribution in [0.25, 0.3) is 21.7 Å². The molecule has 3 amide bonds. The third-order valence-corrected chi connectivity index (χ3v) is 11.0. The van der Waals surface area contributed by atoms with E-state index in [9.17, 15) is 14.4 Å². The van der Waals surface area contributed by atoms with Gasteiger partial charge in [0.1, 0.15) is 12.1 Å². The fraction of sp³-hybridized carbons (Fsp3) is 0.364. The Morgan fingerprint density at radius 2 is 1.43 bits per heavy atom. The average Bonchev–Trinajstić information content (AvgIpc) is 3.57. The Hall–Kier alpha value is -5.28. The maximum atomic E-state index is 15.2. The Morgan fingerprint density at radius 3 is 2.21 bits per heavy atom. The molecule has 4 aromatic carbocycles. The van der Waals surface area contributed by atoms with Crippen molar-refractivity contribution in [1.29, 1.82) is 0 Å². The molecule has 2 aliphatic heterocycles. The summed E-state index contributed by atoms with van der Waals surface area (Å²) in [6, 6.07) is 29.3. The number of Topliss-reactive ketones (excluding diaryl/α,β-unsaturated/α-hetero) is 1. The second-order valence-electron chi connectivity index (χ2n) is 15.0. The molecule has 2 aliphatic rings. The van der Waals surface area contributed by atoms with Gasteiger partial charge >= 0.3 is 0 Å². The van der Waals surface area contributed by atoms with Crippen molar-refractivity contribution in [3.8, 4) is 0 Å². The number of hydrogen-bond acceptors (Lipinski definition) is 5. The van der Waals surface area contributed by atoms with Crippen molar-refractivity contribution in [1.82, 2.24) is 25.0 Å². The zero-order valence-corrected chi connectivity index (χ0v) is 30.8. The molecule has 2 saturated heterocycles. The predicted molar refractivity (Wildman–Crippen MR) is 208 cm³/mol. The van der Waals surface area contributed by atoms with Gasteiger partial charge in [-0.1, -0.05) is 105 Å². The summed E-state index contributed by atoms with van der Waals surface area (Å²) in [7, 11) is 0. The summed E-state index contributed by atoms with van der Waals surface area (Å²) in [6.45, 7) is 7.08. The quantitative estimate of drug-likeness (QED) is 0.176. The van der Waals surface area contributed by atoms with Crippen molar-refractivity contribution in [3.63, 3.8) is 0 Å². The maximum absolute atomic E-state index is 15.2. The van der Waals surface area contributed by atoms with E-state index in [4.69, 9.17) is 0 Å². The first-order chi connectivity index (χ1) is 25.7. The van der Waals surface area contributed by atoms with Crippen LogP contribution in [0.15, 0.2) is 103 Å². The maximum Gasteiger partial charge on any atom is 0.246 e. The zero-order chi connectivity index (χ0) is 37.1. The largest absolute Gasteiger partial charge is 0.361 e. The Labute approximate surface area is 311 Å².